The van der Waals surface area contributed by atoms with Crippen molar-refractivity contribution in [3.8, 4) is 0 Å². The number of aliphatic carboxylic acids is 1. The molecule has 1 rings (SSSR count). The predicted octanol–water partition coefficient (Wildman–Crippen LogP) is 2.96. The molecule has 1 amide bonds. The smallest absolute Gasteiger partial charge is 0.326 e. The maximum Gasteiger partial charge on any atom is 0.326 e. The van der Waals surface area contributed by atoms with Gasteiger partial charge in [-0.15, -0.1) is 0 Å². The molecule has 0 bridgehead atoms. The molecular weight excluding hydrogens is 242 g/mol. The fraction of sp³-hybridized carbons (Fsp3) is 0.867. The monoisotopic (exact) mass is 269 g/mol. The molecule has 0 spiro atoms. The molecule has 1 fully saturated rings. The molecule has 0 aliphatic heterocycles. The van der Waals surface area contributed by atoms with Crippen LogP contribution in [0.5, 0.6) is 0 Å². The second kappa shape index (κ2) is 8.18. The second-order valence-corrected chi connectivity index (χ2v) is 5.92. The summed E-state index contributed by atoms with van der Waals surface area (Å²) in [4.78, 5) is 23.1. The third kappa shape index (κ3) is 6.08. The van der Waals surface area contributed by atoms with Crippen molar-refractivity contribution in [2.45, 2.75) is 71.3 Å². The third-order valence-electron chi connectivity index (χ3n) is 4.17. The molecule has 2 N–H and O–H groups in total. The van der Waals surface area contributed by atoms with Gasteiger partial charge in [0, 0.05) is 6.42 Å². The van der Waals surface area contributed by atoms with Gasteiger partial charge in [0.1, 0.15) is 6.04 Å². The Balaban J connectivity index is 2.39. The van der Waals surface area contributed by atoms with Crippen molar-refractivity contribution in [2.24, 2.45) is 11.8 Å². The van der Waals surface area contributed by atoms with E-state index in [1.165, 1.54) is 19.3 Å². The molecule has 4 nitrogen and oxygen atoms in total. The van der Waals surface area contributed by atoms with Crippen LogP contribution in [0.1, 0.15) is 65.2 Å². The van der Waals surface area contributed by atoms with Crippen LogP contribution < -0.4 is 5.32 Å². The number of carbonyl (C=O) groups excluding carboxylic acids is 1. The van der Waals surface area contributed by atoms with Gasteiger partial charge < -0.3 is 10.4 Å². The minimum atomic E-state index is -0.919. The molecule has 1 unspecified atom stereocenters. The molecule has 110 valence electrons. The van der Waals surface area contributed by atoms with E-state index in [1.54, 1.807) is 0 Å². The number of amides is 1. The van der Waals surface area contributed by atoms with Gasteiger partial charge in [0.05, 0.1) is 0 Å². The van der Waals surface area contributed by atoms with Crippen LogP contribution in [0.25, 0.3) is 0 Å². The maximum absolute atomic E-state index is 11.9. The maximum atomic E-state index is 11.9. The normalized spacial score (nSPS) is 19.7. The topological polar surface area (TPSA) is 66.4 Å². The Labute approximate surface area is 116 Å². The molecule has 2 atom stereocenters. The standard InChI is InChI=1S/C15H27NO3/c1-3-11(2)9-13(15(18)19)16-14(17)10-12-7-5-4-6-8-12/h11-13H,3-10H2,1-2H3,(H,16,17)(H,18,19)/t11?,13-/m0/s1. The van der Waals surface area contributed by atoms with Gasteiger partial charge in [-0.05, 0) is 31.1 Å². The first-order valence-corrected chi connectivity index (χ1v) is 7.55. The van der Waals surface area contributed by atoms with Crippen LogP contribution in [-0.2, 0) is 9.59 Å². The highest BCUT2D eigenvalue weighted by Gasteiger charge is 2.24. The van der Waals surface area contributed by atoms with E-state index in [0.29, 0.717) is 24.7 Å². The van der Waals surface area contributed by atoms with Crippen LogP contribution in [0, 0.1) is 11.8 Å². The first-order chi connectivity index (χ1) is 9.02. The molecule has 19 heavy (non-hydrogen) atoms. The highest BCUT2D eigenvalue weighted by atomic mass is 16.4. The first-order valence-electron chi connectivity index (χ1n) is 7.55. The molecule has 1 aliphatic carbocycles. The number of hydrogen-bond donors (Lipinski definition) is 2. The lowest BCUT2D eigenvalue weighted by Crippen LogP contribution is -2.42. The predicted molar refractivity (Wildman–Crippen MR) is 74.8 cm³/mol. The Morgan fingerprint density at radius 3 is 2.42 bits per heavy atom. The Hall–Kier alpha value is -1.06. The summed E-state index contributed by atoms with van der Waals surface area (Å²) in [5, 5.41) is 11.8. The Bertz CT molecular complexity index is 298. The lowest BCUT2D eigenvalue weighted by molar-refractivity contribution is -0.142. The summed E-state index contributed by atoms with van der Waals surface area (Å²) >= 11 is 0. The van der Waals surface area contributed by atoms with E-state index < -0.39 is 12.0 Å². The molecule has 0 heterocycles. The van der Waals surface area contributed by atoms with Crippen LogP contribution in [0.15, 0.2) is 0 Å². The summed E-state index contributed by atoms with van der Waals surface area (Å²) in [7, 11) is 0. The van der Waals surface area contributed by atoms with Gasteiger partial charge in [-0.25, -0.2) is 4.79 Å². The number of rotatable bonds is 7. The van der Waals surface area contributed by atoms with Crippen molar-refractivity contribution >= 4 is 11.9 Å². The molecule has 0 aromatic rings. The summed E-state index contributed by atoms with van der Waals surface area (Å²) in [5.41, 5.74) is 0. The van der Waals surface area contributed by atoms with Crippen LogP contribution in [0.2, 0.25) is 0 Å². The van der Waals surface area contributed by atoms with Gasteiger partial charge in [-0.1, -0.05) is 39.5 Å². The zero-order chi connectivity index (χ0) is 14.3. The van der Waals surface area contributed by atoms with E-state index in [2.05, 4.69) is 5.32 Å². The zero-order valence-electron chi connectivity index (χ0n) is 12.2. The highest BCUT2D eigenvalue weighted by molar-refractivity contribution is 5.83. The van der Waals surface area contributed by atoms with E-state index >= 15 is 0 Å². The van der Waals surface area contributed by atoms with E-state index in [9.17, 15) is 9.59 Å². The summed E-state index contributed by atoms with van der Waals surface area (Å²) in [6, 6.07) is -0.731. The van der Waals surface area contributed by atoms with Crippen LogP contribution >= 0.6 is 0 Å². The fourth-order valence-electron chi connectivity index (χ4n) is 2.70. The highest BCUT2D eigenvalue weighted by Crippen LogP contribution is 2.26. The number of carboxylic acid groups (broad SMARTS) is 1. The first kappa shape index (κ1) is 16.0. The number of carboxylic acids is 1. The molecule has 0 radical (unpaired) electrons. The van der Waals surface area contributed by atoms with Gasteiger partial charge >= 0.3 is 5.97 Å². The van der Waals surface area contributed by atoms with Crippen LogP contribution in [0.3, 0.4) is 0 Å². The SMILES string of the molecule is CCC(C)C[C@H](NC(=O)CC1CCCCC1)C(=O)O. The second-order valence-electron chi connectivity index (χ2n) is 5.92. The van der Waals surface area contributed by atoms with Gasteiger partial charge in [0.25, 0.3) is 0 Å². The lowest BCUT2D eigenvalue weighted by atomic mass is 9.86. The van der Waals surface area contributed by atoms with Crippen LogP contribution in [0.4, 0.5) is 0 Å². The van der Waals surface area contributed by atoms with Crippen molar-refractivity contribution in [3.05, 3.63) is 0 Å². The largest absolute Gasteiger partial charge is 0.480 e. The van der Waals surface area contributed by atoms with Gasteiger partial charge in [-0.2, -0.15) is 0 Å². The average molecular weight is 269 g/mol. The minimum Gasteiger partial charge on any atom is -0.480 e. The minimum absolute atomic E-state index is 0.0948. The third-order valence-corrected chi connectivity index (χ3v) is 4.17. The summed E-state index contributed by atoms with van der Waals surface area (Å²) in [6.07, 6.45) is 7.83. The number of nitrogens with one attached hydrogen (secondary N) is 1. The van der Waals surface area contributed by atoms with Gasteiger partial charge in [0.2, 0.25) is 5.91 Å². The molecule has 4 heteroatoms. The molecule has 0 aromatic heterocycles. The lowest BCUT2D eigenvalue weighted by Gasteiger charge is -2.23. The van der Waals surface area contributed by atoms with Gasteiger partial charge in [0.15, 0.2) is 0 Å². The van der Waals surface area contributed by atoms with Crippen molar-refractivity contribution in [1.82, 2.24) is 5.32 Å². The zero-order valence-corrected chi connectivity index (χ0v) is 12.2. The number of hydrogen-bond acceptors (Lipinski definition) is 2. The van der Waals surface area contributed by atoms with E-state index in [1.807, 2.05) is 13.8 Å². The molecule has 1 aliphatic rings. The Morgan fingerprint density at radius 2 is 1.89 bits per heavy atom. The van der Waals surface area contributed by atoms with Gasteiger partial charge in [-0.3, -0.25) is 4.79 Å². The quantitative estimate of drug-likeness (QED) is 0.746. The molecule has 0 aromatic carbocycles. The summed E-state index contributed by atoms with van der Waals surface area (Å²) < 4.78 is 0. The average Bonchev–Trinajstić information content (AvgIpc) is 2.38. The Morgan fingerprint density at radius 1 is 1.26 bits per heavy atom. The van der Waals surface area contributed by atoms with Crippen molar-refractivity contribution in [1.29, 1.82) is 0 Å². The molecule has 1 saturated carbocycles. The van der Waals surface area contributed by atoms with E-state index in [0.717, 1.165) is 19.3 Å². The van der Waals surface area contributed by atoms with Crippen molar-refractivity contribution < 1.29 is 14.7 Å². The Kier molecular flexibility index (Phi) is 6.89. The van der Waals surface area contributed by atoms with Crippen molar-refractivity contribution in [3.63, 3.8) is 0 Å². The summed E-state index contributed by atoms with van der Waals surface area (Å²) in [5.74, 6) is -0.247. The molecular formula is C15H27NO3. The molecule has 0 saturated heterocycles. The van der Waals surface area contributed by atoms with Crippen LogP contribution in [-0.4, -0.2) is 23.0 Å². The fourth-order valence-corrected chi connectivity index (χ4v) is 2.70. The van der Waals surface area contributed by atoms with E-state index in [-0.39, 0.29) is 5.91 Å². The van der Waals surface area contributed by atoms with E-state index in [4.69, 9.17) is 5.11 Å². The summed E-state index contributed by atoms with van der Waals surface area (Å²) in [6.45, 7) is 4.05. The van der Waals surface area contributed by atoms with Crippen molar-refractivity contribution in [2.75, 3.05) is 0 Å². The number of carbonyl (C=O) groups is 2.